The van der Waals surface area contributed by atoms with Crippen LogP contribution in [0.15, 0.2) is 0 Å². The number of hydrogen-bond donors (Lipinski definition) is 0. The predicted molar refractivity (Wildman–Crippen MR) is 45.9 cm³/mol. The van der Waals surface area contributed by atoms with Gasteiger partial charge >= 0.3 is 5.97 Å². The fraction of sp³-hybridized carbons (Fsp3) is 0.889. The van der Waals surface area contributed by atoms with Gasteiger partial charge in [0.1, 0.15) is 0 Å². The molecule has 1 rings (SSSR count). The lowest BCUT2D eigenvalue weighted by atomic mass is 10.2. The zero-order chi connectivity index (χ0) is 10.1. The molecule has 1 aliphatic heterocycles. The third-order valence-electron chi connectivity index (χ3n) is 1.72. The van der Waals surface area contributed by atoms with E-state index >= 15 is 0 Å². The monoisotopic (exact) mass is 188 g/mol. The Labute approximate surface area is 78.2 Å². The molecule has 0 spiro atoms. The normalized spacial score (nSPS) is 32.6. The molecule has 4 nitrogen and oxygen atoms in total. The van der Waals surface area contributed by atoms with E-state index in [4.69, 9.17) is 14.2 Å². The van der Waals surface area contributed by atoms with Crippen LogP contribution in [0.2, 0.25) is 0 Å². The van der Waals surface area contributed by atoms with Gasteiger partial charge in [-0.3, -0.25) is 4.79 Å². The zero-order valence-corrected chi connectivity index (χ0v) is 8.49. The van der Waals surface area contributed by atoms with Crippen LogP contribution in [-0.2, 0) is 19.0 Å². The Bertz CT molecular complexity index is 200. The zero-order valence-electron chi connectivity index (χ0n) is 8.49. The fourth-order valence-corrected chi connectivity index (χ4v) is 1.45. The molecule has 1 aliphatic rings. The summed E-state index contributed by atoms with van der Waals surface area (Å²) in [5.74, 6) is -0.993. The summed E-state index contributed by atoms with van der Waals surface area (Å²) in [5.41, 5.74) is 0. The lowest BCUT2D eigenvalue weighted by Crippen LogP contribution is -2.45. The molecule has 0 aromatic rings. The highest BCUT2D eigenvalue weighted by Gasteiger charge is 2.34. The first-order valence-electron chi connectivity index (χ1n) is 4.42. The van der Waals surface area contributed by atoms with Crippen LogP contribution in [0.5, 0.6) is 0 Å². The first-order valence-corrected chi connectivity index (χ1v) is 4.42. The standard InChI is InChI=1S/C9H16O4/c1-6-5-8(11-7(2)10)13-9(3,4)12-6/h6,8H,5H2,1-4H3/t6-,8-/m1/s1. The maximum Gasteiger partial charge on any atom is 0.304 e. The number of hydrogen-bond acceptors (Lipinski definition) is 4. The minimum Gasteiger partial charge on any atom is -0.436 e. The summed E-state index contributed by atoms with van der Waals surface area (Å²) in [6.45, 7) is 6.91. The van der Waals surface area contributed by atoms with Gasteiger partial charge in [0, 0.05) is 13.3 Å². The van der Waals surface area contributed by atoms with E-state index in [0.717, 1.165) is 0 Å². The second-order valence-corrected chi connectivity index (χ2v) is 3.72. The summed E-state index contributed by atoms with van der Waals surface area (Å²) in [5, 5.41) is 0. The Balaban J connectivity index is 2.52. The molecule has 0 aromatic carbocycles. The summed E-state index contributed by atoms with van der Waals surface area (Å²) in [6, 6.07) is 0. The van der Waals surface area contributed by atoms with E-state index in [-0.39, 0.29) is 12.1 Å². The van der Waals surface area contributed by atoms with Crippen molar-refractivity contribution in [3.63, 3.8) is 0 Å². The Morgan fingerprint density at radius 2 is 2.08 bits per heavy atom. The Hall–Kier alpha value is -0.610. The van der Waals surface area contributed by atoms with Gasteiger partial charge in [0.25, 0.3) is 0 Å². The molecule has 0 saturated carbocycles. The van der Waals surface area contributed by atoms with Gasteiger partial charge < -0.3 is 14.2 Å². The van der Waals surface area contributed by atoms with Crippen LogP contribution in [0.25, 0.3) is 0 Å². The van der Waals surface area contributed by atoms with Crippen molar-refractivity contribution in [2.45, 2.75) is 52.3 Å². The van der Waals surface area contributed by atoms with Crippen molar-refractivity contribution in [2.24, 2.45) is 0 Å². The van der Waals surface area contributed by atoms with Gasteiger partial charge in [-0.05, 0) is 20.8 Å². The van der Waals surface area contributed by atoms with Crippen LogP contribution in [0, 0.1) is 0 Å². The van der Waals surface area contributed by atoms with Crippen molar-refractivity contribution in [1.29, 1.82) is 0 Å². The average Bonchev–Trinajstić information content (AvgIpc) is 1.78. The molecule has 0 bridgehead atoms. The molecule has 4 heteroatoms. The summed E-state index contributed by atoms with van der Waals surface area (Å²) in [6.07, 6.45) is 0.160. The topological polar surface area (TPSA) is 44.8 Å². The highest BCUT2D eigenvalue weighted by molar-refractivity contribution is 5.66. The maximum atomic E-state index is 10.7. The average molecular weight is 188 g/mol. The molecule has 0 unspecified atom stereocenters. The molecule has 2 atom stereocenters. The van der Waals surface area contributed by atoms with Crippen LogP contribution >= 0.6 is 0 Å². The lowest BCUT2D eigenvalue weighted by molar-refractivity contribution is -0.339. The third-order valence-corrected chi connectivity index (χ3v) is 1.72. The van der Waals surface area contributed by atoms with Gasteiger partial charge in [-0.2, -0.15) is 0 Å². The molecule has 0 amide bonds. The number of carbonyl (C=O) groups is 1. The molecule has 0 N–H and O–H groups in total. The van der Waals surface area contributed by atoms with E-state index < -0.39 is 12.1 Å². The molecular weight excluding hydrogens is 172 g/mol. The van der Waals surface area contributed by atoms with E-state index in [9.17, 15) is 4.79 Å². The number of carbonyl (C=O) groups excluding carboxylic acids is 1. The van der Waals surface area contributed by atoms with Gasteiger partial charge in [-0.25, -0.2) is 0 Å². The molecule has 1 heterocycles. The molecule has 76 valence electrons. The molecule has 0 aliphatic carbocycles. The van der Waals surface area contributed by atoms with E-state index in [2.05, 4.69) is 0 Å². The second kappa shape index (κ2) is 3.64. The Morgan fingerprint density at radius 1 is 1.46 bits per heavy atom. The van der Waals surface area contributed by atoms with Crippen molar-refractivity contribution in [3.05, 3.63) is 0 Å². The highest BCUT2D eigenvalue weighted by atomic mass is 16.8. The smallest absolute Gasteiger partial charge is 0.304 e. The molecule has 1 fully saturated rings. The third kappa shape index (κ3) is 3.32. The summed E-state index contributed by atoms with van der Waals surface area (Å²) in [4.78, 5) is 10.7. The highest BCUT2D eigenvalue weighted by Crippen LogP contribution is 2.26. The molecular formula is C9H16O4. The van der Waals surface area contributed by atoms with Crippen LogP contribution < -0.4 is 0 Å². The summed E-state index contributed by atoms with van der Waals surface area (Å²) < 4.78 is 15.8. The van der Waals surface area contributed by atoms with Gasteiger partial charge in [0.2, 0.25) is 6.29 Å². The lowest BCUT2D eigenvalue weighted by Gasteiger charge is -2.38. The molecule has 1 saturated heterocycles. The molecule has 0 radical (unpaired) electrons. The largest absolute Gasteiger partial charge is 0.436 e. The molecule has 13 heavy (non-hydrogen) atoms. The van der Waals surface area contributed by atoms with Crippen molar-refractivity contribution in [3.8, 4) is 0 Å². The van der Waals surface area contributed by atoms with Crippen molar-refractivity contribution < 1.29 is 19.0 Å². The van der Waals surface area contributed by atoms with Crippen LogP contribution in [0.1, 0.15) is 34.1 Å². The number of ether oxygens (including phenoxy) is 3. The SMILES string of the molecule is CC(=O)O[C@H]1C[C@@H](C)OC(C)(C)O1. The van der Waals surface area contributed by atoms with Gasteiger partial charge in [0.15, 0.2) is 5.79 Å². The van der Waals surface area contributed by atoms with Crippen LogP contribution in [0.3, 0.4) is 0 Å². The Kier molecular flexibility index (Phi) is 2.93. The van der Waals surface area contributed by atoms with Gasteiger partial charge in [0.05, 0.1) is 6.10 Å². The summed E-state index contributed by atoms with van der Waals surface area (Å²) >= 11 is 0. The fourth-order valence-electron chi connectivity index (χ4n) is 1.45. The van der Waals surface area contributed by atoms with E-state index in [1.807, 2.05) is 6.92 Å². The minimum absolute atomic E-state index is 0.0492. The Morgan fingerprint density at radius 3 is 2.54 bits per heavy atom. The van der Waals surface area contributed by atoms with Gasteiger partial charge in [-0.15, -0.1) is 0 Å². The van der Waals surface area contributed by atoms with E-state index in [1.54, 1.807) is 13.8 Å². The van der Waals surface area contributed by atoms with Crippen molar-refractivity contribution >= 4 is 5.97 Å². The first kappa shape index (κ1) is 10.5. The van der Waals surface area contributed by atoms with Crippen molar-refractivity contribution in [1.82, 2.24) is 0 Å². The van der Waals surface area contributed by atoms with E-state index in [0.29, 0.717) is 6.42 Å². The van der Waals surface area contributed by atoms with Crippen LogP contribution in [-0.4, -0.2) is 24.2 Å². The maximum absolute atomic E-state index is 10.7. The quantitative estimate of drug-likeness (QED) is 0.584. The summed E-state index contributed by atoms with van der Waals surface area (Å²) in [7, 11) is 0. The minimum atomic E-state index is -0.669. The van der Waals surface area contributed by atoms with Gasteiger partial charge in [-0.1, -0.05) is 0 Å². The van der Waals surface area contributed by atoms with E-state index in [1.165, 1.54) is 6.92 Å². The number of esters is 1. The predicted octanol–water partition coefficient (Wildman–Crippen LogP) is 1.44. The number of rotatable bonds is 1. The second-order valence-electron chi connectivity index (χ2n) is 3.72. The van der Waals surface area contributed by atoms with Crippen LogP contribution in [0.4, 0.5) is 0 Å². The van der Waals surface area contributed by atoms with Crippen molar-refractivity contribution in [2.75, 3.05) is 0 Å². The first-order chi connectivity index (χ1) is 5.89. The molecule has 0 aromatic heterocycles.